The van der Waals surface area contributed by atoms with Crippen molar-refractivity contribution in [2.75, 3.05) is 0 Å². The molecule has 0 fully saturated rings. The lowest BCUT2D eigenvalue weighted by Gasteiger charge is -2.32. The van der Waals surface area contributed by atoms with E-state index in [0.717, 1.165) is 49.1 Å². The Morgan fingerprint density at radius 2 is 1.50 bits per heavy atom. The van der Waals surface area contributed by atoms with Gasteiger partial charge in [0.05, 0.1) is 6.42 Å². The number of carbonyl (C=O) groups is 3. The molecule has 3 unspecified atom stereocenters. The lowest BCUT2D eigenvalue weighted by molar-refractivity contribution is -0.129. The Morgan fingerprint density at radius 3 is 1.97 bits per heavy atom. The molecule has 0 bridgehead atoms. The van der Waals surface area contributed by atoms with Gasteiger partial charge in [-0.15, -0.1) is 0 Å². The van der Waals surface area contributed by atoms with Crippen LogP contribution in [0.5, 0.6) is 0 Å². The molecule has 0 saturated heterocycles. The third kappa shape index (κ3) is 11.1. The highest BCUT2D eigenvalue weighted by Crippen LogP contribution is 2.37. The van der Waals surface area contributed by atoms with Gasteiger partial charge in [-0.25, -0.2) is 0 Å². The van der Waals surface area contributed by atoms with Gasteiger partial charge in [0.25, 0.3) is 0 Å². The SMILES string of the molecule is CC(C)C.CCC.CCCC(CC1CC(=O)c2c(C)ccc(C)c2C1)C(CC)C(=O)CC(C)=O. The molecular weight excluding hydrogens is 420 g/mol. The molecule has 1 aliphatic rings. The fraction of sp³-hybridized carbons (Fsp3) is 0.710. The highest BCUT2D eigenvalue weighted by molar-refractivity contribution is 6.00. The van der Waals surface area contributed by atoms with Crippen molar-refractivity contribution in [2.45, 2.75) is 121 Å². The Morgan fingerprint density at radius 1 is 0.971 bits per heavy atom. The molecule has 0 N–H and O–H groups in total. The first-order valence-corrected chi connectivity index (χ1v) is 13.6. The third-order valence-corrected chi connectivity index (χ3v) is 6.14. The fourth-order valence-corrected chi connectivity index (χ4v) is 4.89. The first kappa shape index (κ1) is 32.2. The van der Waals surface area contributed by atoms with Gasteiger partial charge in [-0.1, -0.05) is 79.9 Å². The summed E-state index contributed by atoms with van der Waals surface area (Å²) in [5.74, 6) is 1.60. The maximum Gasteiger partial charge on any atom is 0.163 e. The van der Waals surface area contributed by atoms with Crippen molar-refractivity contribution in [3.8, 4) is 0 Å². The summed E-state index contributed by atoms with van der Waals surface area (Å²) in [7, 11) is 0. The molecule has 0 aliphatic heterocycles. The molecule has 0 amide bonds. The molecule has 194 valence electrons. The van der Waals surface area contributed by atoms with E-state index in [1.54, 1.807) is 0 Å². The van der Waals surface area contributed by atoms with Crippen molar-refractivity contribution >= 4 is 17.3 Å². The summed E-state index contributed by atoms with van der Waals surface area (Å²) in [4.78, 5) is 36.9. The number of benzene rings is 1. The number of hydrogen-bond donors (Lipinski definition) is 0. The van der Waals surface area contributed by atoms with Crippen molar-refractivity contribution in [2.24, 2.45) is 23.7 Å². The molecule has 1 aromatic carbocycles. The molecule has 1 aliphatic carbocycles. The van der Waals surface area contributed by atoms with Gasteiger partial charge in [0, 0.05) is 17.9 Å². The first-order valence-electron chi connectivity index (χ1n) is 13.6. The van der Waals surface area contributed by atoms with Crippen LogP contribution >= 0.6 is 0 Å². The van der Waals surface area contributed by atoms with E-state index in [9.17, 15) is 14.4 Å². The predicted octanol–water partition coefficient (Wildman–Crippen LogP) is 8.51. The zero-order valence-corrected chi connectivity index (χ0v) is 23.8. The van der Waals surface area contributed by atoms with Gasteiger partial charge in [0.15, 0.2) is 5.78 Å². The van der Waals surface area contributed by atoms with E-state index in [2.05, 4.69) is 54.5 Å². The molecule has 2 rings (SSSR count). The molecule has 0 saturated carbocycles. The smallest absolute Gasteiger partial charge is 0.163 e. The van der Waals surface area contributed by atoms with Gasteiger partial charge in [-0.2, -0.15) is 0 Å². The monoisotopic (exact) mass is 472 g/mol. The summed E-state index contributed by atoms with van der Waals surface area (Å²) in [6.45, 7) is 20.5. The average Bonchev–Trinajstić information content (AvgIpc) is 2.71. The molecule has 1 aromatic rings. The second kappa shape index (κ2) is 16.8. The summed E-state index contributed by atoms with van der Waals surface area (Å²) in [6.07, 6.45) is 6.46. The Hall–Kier alpha value is -1.77. The van der Waals surface area contributed by atoms with Crippen LogP contribution in [0.4, 0.5) is 0 Å². The highest BCUT2D eigenvalue weighted by atomic mass is 16.1. The number of carbonyl (C=O) groups excluding carboxylic acids is 3. The van der Waals surface area contributed by atoms with Crippen molar-refractivity contribution < 1.29 is 14.4 Å². The van der Waals surface area contributed by atoms with E-state index >= 15 is 0 Å². The largest absolute Gasteiger partial charge is 0.300 e. The summed E-state index contributed by atoms with van der Waals surface area (Å²) in [5, 5.41) is 0. The number of fused-ring (bicyclic) bond motifs is 1. The van der Waals surface area contributed by atoms with Crippen molar-refractivity contribution in [1.82, 2.24) is 0 Å². The van der Waals surface area contributed by atoms with Crippen LogP contribution in [0.2, 0.25) is 0 Å². The summed E-state index contributed by atoms with van der Waals surface area (Å²) in [5.41, 5.74) is 4.40. The standard InChI is InChI=1S/C24H34O3.C4H10.C3H8/c1-6-8-19(20(7-2)22(26)11-17(5)25)12-18-13-21-15(3)9-10-16(4)24(21)23(27)14-18;1-4(2)3;1-3-2/h9-10,18-20H,6-8,11-14H2,1-5H3;4H,1-3H3;3H2,1-2H3. The Bertz CT molecular complexity index is 772. The van der Waals surface area contributed by atoms with Gasteiger partial charge < -0.3 is 0 Å². The molecule has 0 radical (unpaired) electrons. The minimum absolute atomic E-state index is 0.0451. The predicted molar refractivity (Wildman–Crippen MR) is 146 cm³/mol. The maximum absolute atomic E-state index is 12.8. The second-order valence-electron chi connectivity index (χ2n) is 10.8. The minimum Gasteiger partial charge on any atom is -0.300 e. The van der Waals surface area contributed by atoms with Gasteiger partial charge in [0.2, 0.25) is 0 Å². The van der Waals surface area contributed by atoms with E-state index in [-0.39, 0.29) is 35.6 Å². The van der Waals surface area contributed by atoms with Crippen LogP contribution in [0.15, 0.2) is 12.1 Å². The maximum atomic E-state index is 12.8. The molecule has 34 heavy (non-hydrogen) atoms. The van der Waals surface area contributed by atoms with Crippen molar-refractivity contribution in [3.63, 3.8) is 0 Å². The zero-order valence-electron chi connectivity index (χ0n) is 23.8. The summed E-state index contributed by atoms with van der Waals surface area (Å²) >= 11 is 0. The van der Waals surface area contributed by atoms with E-state index in [1.807, 2.05) is 19.9 Å². The van der Waals surface area contributed by atoms with Crippen LogP contribution in [0.25, 0.3) is 0 Å². The van der Waals surface area contributed by atoms with Crippen molar-refractivity contribution in [1.29, 1.82) is 0 Å². The molecule has 0 heterocycles. The Labute approximate surface area is 210 Å². The molecule has 0 aromatic heterocycles. The fourth-order valence-electron chi connectivity index (χ4n) is 4.89. The van der Waals surface area contributed by atoms with Gasteiger partial charge in [0.1, 0.15) is 11.6 Å². The molecular formula is C31H52O3. The number of ketones is 3. The number of hydrogen-bond acceptors (Lipinski definition) is 3. The molecule has 0 spiro atoms. The Kier molecular flexibility index (Phi) is 15.9. The number of rotatable bonds is 9. The van der Waals surface area contributed by atoms with E-state index in [1.165, 1.54) is 24.5 Å². The van der Waals surface area contributed by atoms with Crippen LogP contribution in [0.1, 0.15) is 127 Å². The van der Waals surface area contributed by atoms with Crippen molar-refractivity contribution in [3.05, 3.63) is 34.4 Å². The number of Topliss-reactive ketones (excluding diaryl/α,β-unsaturated/α-hetero) is 3. The number of aryl methyl sites for hydroxylation is 2. The van der Waals surface area contributed by atoms with Gasteiger partial charge in [-0.05, 0) is 74.5 Å². The summed E-state index contributed by atoms with van der Waals surface area (Å²) < 4.78 is 0. The van der Waals surface area contributed by atoms with Crippen LogP contribution in [0.3, 0.4) is 0 Å². The topological polar surface area (TPSA) is 51.2 Å². The molecule has 3 heteroatoms. The Balaban J connectivity index is 0.00000137. The molecule has 3 atom stereocenters. The van der Waals surface area contributed by atoms with Crippen LogP contribution in [0, 0.1) is 37.5 Å². The van der Waals surface area contributed by atoms with Gasteiger partial charge >= 0.3 is 0 Å². The minimum atomic E-state index is -0.0658. The highest BCUT2D eigenvalue weighted by Gasteiger charge is 2.33. The second-order valence-corrected chi connectivity index (χ2v) is 10.8. The van der Waals surface area contributed by atoms with Crippen LogP contribution < -0.4 is 0 Å². The zero-order chi connectivity index (χ0) is 26.4. The normalized spacial score (nSPS) is 16.4. The summed E-state index contributed by atoms with van der Waals surface area (Å²) in [6, 6.07) is 4.15. The van der Waals surface area contributed by atoms with E-state index in [0.29, 0.717) is 12.3 Å². The van der Waals surface area contributed by atoms with E-state index in [4.69, 9.17) is 0 Å². The quantitative estimate of drug-likeness (QED) is 0.338. The third-order valence-electron chi connectivity index (χ3n) is 6.14. The van der Waals surface area contributed by atoms with E-state index < -0.39 is 0 Å². The van der Waals surface area contributed by atoms with Gasteiger partial charge in [-0.3, -0.25) is 14.4 Å². The first-order chi connectivity index (χ1) is 15.9. The lowest BCUT2D eigenvalue weighted by Crippen LogP contribution is -2.30. The average molecular weight is 473 g/mol. The van der Waals surface area contributed by atoms with Crippen LogP contribution in [-0.2, 0) is 16.0 Å². The van der Waals surface area contributed by atoms with Crippen LogP contribution in [-0.4, -0.2) is 17.3 Å². The lowest BCUT2D eigenvalue weighted by atomic mass is 9.71. The molecule has 3 nitrogen and oxygen atoms in total.